The second-order valence-corrected chi connectivity index (χ2v) is 8.39. The van der Waals surface area contributed by atoms with Gasteiger partial charge in [-0.15, -0.1) is 6.42 Å². The van der Waals surface area contributed by atoms with Crippen LogP contribution in [0, 0.1) is 12.3 Å². The first-order valence-electron chi connectivity index (χ1n) is 10.9. The molecular formula is C25H21N7O. The van der Waals surface area contributed by atoms with Gasteiger partial charge in [0.25, 0.3) is 5.91 Å². The first kappa shape index (κ1) is 19.3. The number of hydrogen-bond donors (Lipinski definition) is 1. The SMILES string of the molecule is C#Cc1ccn2cnc(CNC(=O)c3cnn(Cc4cn5cc(C6CC6)ccc5n4)c3)c2c1. The number of imidazole rings is 2. The van der Waals surface area contributed by atoms with Crippen molar-refractivity contribution in [1.29, 1.82) is 0 Å². The van der Waals surface area contributed by atoms with E-state index < -0.39 is 0 Å². The van der Waals surface area contributed by atoms with Crippen LogP contribution in [0.15, 0.2) is 61.6 Å². The van der Waals surface area contributed by atoms with Crippen molar-refractivity contribution in [3.63, 3.8) is 0 Å². The minimum atomic E-state index is -0.209. The molecule has 1 N–H and O–H groups in total. The number of amides is 1. The van der Waals surface area contributed by atoms with Gasteiger partial charge in [0.1, 0.15) is 5.65 Å². The highest BCUT2D eigenvalue weighted by atomic mass is 16.1. The Balaban J connectivity index is 1.13. The quantitative estimate of drug-likeness (QED) is 0.416. The van der Waals surface area contributed by atoms with Crippen molar-refractivity contribution in [1.82, 2.24) is 33.9 Å². The maximum atomic E-state index is 12.7. The van der Waals surface area contributed by atoms with Crippen molar-refractivity contribution in [3.05, 3.63) is 89.7 Å². The molecule has 0 radical (unpaired) electrons. The van der Waals surface area contributed by atoms with Crippen LogP contribution in [0.2, 0.25) is 0 Å². The summed E-state index contributed by atoms with van der Waals surface area (Å²) in [5, 5.41) is 7.25. The zero-order valence-electron chi connectivity index (χ0n) is 17.8. The Morgan fingerprint density at radius 1 is 1.18 bits per heavy atom. The molecule has 1 aliphatic rings. The maximum Gasteiger partial charge on any atom is 0.254 e. The van der Waals surface area contributed by atoms with Gasteiger partial charge in [0, 0.05) is 30.4 Å². The number of carbonyl (C=O) groups is 1. The Hall–Kier alpha value is -4.38. The van der Waals surface area contributed by atoms with Gasteiger partial charge in [0.15, 0.2) is 0 Å². The predicted octanol–water partition coefficient (Wildman–Crippen LogP) is 3.02. The Kier molecular flexibility index (Phi) is 4.47. The lowest BCUT2D eigenvalue weighted by atomic mass is 10.2. The summed E-state index contributed by atoms with van der Waals surface area (Å²) in [5.74, 6) is 3.11. The Bertz CT molecular complexity index is 1540. The molecule has 0 aliphatic heterocycles. The molecule has 0 saturated heterocycles. The van der Waals surface area contributed by atoms with E-state index in [9.17, 15) is 4.79 Å². The molecule has 1 saturated carbocycles. The summed E-state index contributed by atoms with van der Waals surface area (Å²) < 4.78 is 5.67. The Labute approximate surface area is 189 Å². The molecule has 0 spiro atoms. The molecule has 0 bridgehead atoms. The lowest BCUT2D eigenvalue weighted by Crippen LogP contribution is -2.22. The molecular weight excluding hydrogens is 414 g/mol. The van der Waals surface area contributed by atoms with Crippen LogP contribution in [0.1, 0.15) is 51.6 Å². The number of nitrogens with one attached hydrogen (secondary N) is 1. The third kappa shape index (κ3) is 3.74. The molecule has 8 heteroatoms. The third-order valence-corrected chi connectivity index (χ3v) is 5.99. The fourth-order valence-corrected chi connectivity index (χ4v) is 4.06. The zero-order valence-corrected chi connectivity index (χ0v) is 17.8. The third-order valence-electron chi connectivity index (χ3n) is 5.99. The summed E-state index contributed by atoms with van der Waals surface area (Å²) in [6.07, 6.45) is 19.1. The molecule has 5 aromatic heterocycles. The first-order valence-corrected chi connectivity index (χ1v) is 10.9. The smallest absolute Gasteiger partial charge is 0.254 e. The molecule has 0 aromatic carbocycles. The lowest BCUT2D eigenvalue weighted by molar-refractivity contribution is 0.0950. The average molecular weight is 435 g/mol. The highest BCUT2D eigenvalue weighted by molar-refractivity contribution is 5.93. The molecule has 8 nitrogen and oxygen atoms in total. The number of carbonyl (C=O) groups excluding carboxylic acids is 1. The number of terminal acetylenes is 1. The van der Waals surface area contributed by atoms with E-state index in [2.05, 4.69) is 49.0 Å². The van der Waals surface area contributed by atoms with Crippen molar-refractivity contribution < 1.29 is 4.79 Å². The maximum absolute atomic E-state index is 12.7. The van der Waals surface area contributed by atoms with E-state index in [0.717, 1.165) is 28.1 Å². The van der Waals surface area contributed by atoms with E-state index in [1.54, 1.807) is 23.4 Å². The number of aromatic nitrogens is 6. The molecule has 1 aliphatic carbocycles. The fourth-order valence-electron chi connectivity index (χ4n) is 4.06. The lowest BCUT2D eigenvalue weighted by Gasteiger charge is -2.02. The van der Waals surface area contributed by atoms with Gasteiger partial charge in [-0.05, 0) is 42.5 Å². The molecule has 6 rings (SSSR count). The molecule has 1 fully saturated rings. The largest absolute Gasteiger partial charge is 0.346 e. The monoisotopic (exact) mass is 435 g/mol. The Morgan fingerprint density at radius 3 is 2.94 bits per heavy atom. The van der Waals surface area contributed by atoms with E-state index in [-0.39, 0.29) is 5.91 Å². The molecule has 1 amide bonds. The fraction of sp³-hybridized carbons (Fsp3) is 0.200. The molecule has 0 unspecified atom stereocenters. The molecule has 5 aromatic rings. The van der Waals surface area contributed by atoms with Gasteiger partial charge in [0.05, 0.1) is 48.1 Å². The Morgan fingerprint density at radius 2 is 2.09 bits per heavy atom. The van der Waals surface area contributed by atoms with Gasteiger partial charge in [-0.2, -0.15) is 5.10 Å². The van der Waals surface area contributed by atoms with Gasteiger partial charge >= 0.3 is 0 Å². The number of nitrogens with zero attached hydrogens (tertiary/aromatic N) is 6. The van der Waals surface area contributed by atoms with E-state index in [1.165, 1.54) is 18.4 Å². The van der Waals surface area contributed by atoms with Crippen LogP contribution in [0.25, 0.3) is 11.2 Å². The highest BCUT2D eigenvalue weighted by Gasteiger charge is 2.23. The number of fused-ring (bicyclic) bond motifs is 2. The number of hydrogen-bond acceptors (Lipinski definition) is 4. The average Bonchev–Trinajstić information content (AvgIpc) is 3.25. The van der Waals surface area contributed by atoms with Crippen molar-refractivity contribution in [3.8, 4) is 12.3 Å². The second-order valence-electron chi connectivity index (χ2n) is 8.39. The van der Waals surface area contributed by atoms with Crippen LogP contribution in [0.5, 0.6) is 0 Å². The predicted molar refractivity (Wildman–Crippen MR) is 123 cm³/mol. The van der Waals surface area contributed by atoms with E-state index >= 15 is 0 Å². The van der Waals surface area contributed by atoms with Gasteiger partial charge < -0.3 is 14.1 Å². The first-order chi connectivity index (χ1) is 16.2. The molecule has 5 heterocycles. The van der Waals surface area contributed by atoms with Crippen LogP contribution in [-0.4, -0.2) is 34.5 Å². The minimum absolute atomic E-state index is 0.209. The van der Waals surface area contributed by atoms with Crippen LogP contribution in [0.4, 0.5) is 0 Å². The summed E-state index contributed by atoms with van der Waals surface area (Å²) in [7, 11) is 0. The summed E-state index contributed by atoms with van der Waals surface area (Å²) in [5.41, 5.74) is 6.06. The van der Waals surface area contributed by atoms with Crippen molar-refractivity contribution in [2.24, 2.45) is 0 Å². The summed E-state index contributed by atoms with van der Waals surface area (Å²) in [4.78, 5) is 21.7. The number of rotatable bonds is 6. The van der Waals surface area contributed by atoms with Crippen LogP contribution in [0.3, 0.4) is 0 Å². The minimum Gasteiger partial charge on any atom is -0.346 e. The highest BCUT2D eigenvalue weighted by Crippen LogP contribution is 2.39. The topological polar surface area (TPSA) is 81.5 Å². The standard InChI is InChI=1S/C25H21N7O/c1-2-17-7-8-30-16-27-22(23(30)9-17)11-26-25(33)20-10-28-32(13-20)15-21-14-31-12-19(18-3-4-18)5-6-24(31)29-21/h1,5-10,12-14,16,18H,3-4,11,15H2,(H,26,33). The van der Waals surface area contributed by atoms with Crippen LogP contribution in [-0.2, 0) is 13.1 Å². The molecule has 0 atom stereocenters. The summed E-state index contributed by atoms with van der Waals surface area (Å²) >= 11 is 0. The van der Waals surface area contributed by atoms with Crippen molar-refractivity contribution in [2.75, 3.05) is 0 Å². The molecule has 162 valence electrons. The van der Waals surface area contributed by atoms with Gasteiger partial charge in [-0.25, -0.2) is 9.97 Å². The molecule has 33 heavy (non-hydrogen) atoms. The normalized spacial score (nSPS) is 13.4. The number of pyridine rings is 2. The van der Waals surface area contributed by atoms with Gasteiger partial charge in [-0.1, -0.05) is 12.0 Å². The second kappa shape index (κ2) is 7.64. The van der Waals surface area contributed by atoms with Crippen molar-refractivity contribution >= 4 is 17.1 Å². The van der Waals surface area contributed by atoms with Crippen LogP contribution >= 0.6 is 0 Å². The van der Waals surface area contributed by atoms with Crippen molar-refractivity contribution in [2.45, 2.75) is 31.8 Å². The van der Waals surface area contributed by atoms with E-state index in [0.29, 0.717) is 24.6 Å². The summed E-state index contributed by atoms with van der Waals surface area (Å²) in [6, 6.07) is 7.96. The van der Waals surface area contributed by atoms with Crippen LogP contribution < -0.4 is 5.32 Å². The van der Waals surface area contributed by atoms with Gasteiger partial charge in [0.2, 0.25) is 0 Å². The van der Waals surface area contributed by atoms with Gasteiger partial charge in [-0.3, -0.25) is 9.48 Å². The summed E-state index contributed by atoms with van der Waals surface area (Å²) in [6.45, 7) is 0.790. The van der Waals surface area contributed by atoms with E-state index in [1.807, 2.05) is 28.9 Å². The zero-order chi connectivity index (χ0) is 22.4. The van der Waals surface area contributed by atoms with E-state index in [4.69, 9.17) is 6.42 Å².